The van der Waals surface area contributed by atoms with Gasteiger partial charge in [-0.1, -0.05) is 29.8 Å². The molecule has 106 valence electrons. The highest BCUT2D eigenvalue weighted by Gasteiger charge is 2.12. The van der Waals surface area contributed by atoms with Crippen LogP contribution in [0, 0.1) is 11.3 Å². The lowest BCUT2D eigenvalue weighted by atomic mass is 9.99. The van der Waals surface area contributed by atoms with Gasteiger partial charge < -0.3 is 10.6 Å². The molecule has 0 saturated heterocycles. The van der Waals surface area contributed by atoms with Crippen LogP contribution >= 0.6 is 11.6 Å². The summed E-state index contributed by atoms with van der Waals surface area (Å²) < 4.78 is 0. The van der Waals surface area contributed by atoms with Crippen LogP contribution in [0.3, 0.4) is 0 Å². The second-order valence-electron chi connectivity index (χ2n) is 5.14. The summed E-state index contributed by atoms with van der Waals surface area (Å²) in [4.78, 5) is 0. The van der Waals surface area contributed by atoms with Crippen LogP contribution in [0.15, 0.2) is 36.4 Å². The van der Waals surface area contributed by atoms with Gasteiger partial charge in [-0.15, -0.1) is 0 Å². The highest BCUT2D eigenvalue weighted by molar-refractivity contribution is 6.33. The first-order chi connectivity index (χ1) is 10.3. The number of benzene rings is 2. The summed E-state index contributed by atoms with van der Waals surface area (Å²) in [5.74, 6) is 0. The molecule has 1 aliphatic rings. The standard InChI is InChI=1S/C17H16ClN3/c18-15-7-6-12(10-19)9-16(15)21-11-14-4-1-3-13-5-2-8-20-17(13)14/h1,3-4,6-7,9,20-21H,2,5,8,11H2. The van der Waals surface area contributed by atoms with Crippen LogP contribution in [-0.2, 0) is 13.0 Å². The van der Waals surface area contributed by atoms with Crippen LogP contribution < -0.4 is 10.6 Å². The first-order valence-electron chi connectivity index (χ1n) is 7.06. The van der Waals surface area contributed by atoms with Gasteiger partial charge in [-0.3, -0.25) is 0 Å². The molecule has 0 bridgehead atoms. The molecule has 0 saturated carbocycles. The number of nitrogens with one attached hydrogen (secondary N) is 2. The van der Waals surface area contributed by atoms with Gasteiger partial charge in [-0.25, -0.2) is 0 Å². The Kier molecular flexibility index (Phi) is 3.98. The molecule has 0 spiro atoms. The lowest BCUT2D eigenvalue weighted by molar-refractivity contribution is 0.825. The van der Waals surface area contributed by atoms with Crippen LogP contribution in [0.25, 0.3) is 0 Å². The minimum absolute atomic E-state index is 0.607. The lowest BCUT2D eigenvalue weighted by Gasteiger charge is -2.21. The molecule has 0 unspecified atom stereocenters. The van der Waals surface area contributed by atoms with Crippen molar-refractivity contribution in [1.29, 1.82) is 5.26 Å². The van der Waals surface area contributed by atoms with Gasteiger partial charge in [0.15, 0.2) is 0 Å². The van der Waals surface area contributed by atoms with Crippen LogP contribution in [-0.4, -0.2) is 6.54 Å². The third-order valence-electron chi connectivity index (χ3n) is 3.73. The molecule has 1 heterocycles. The molecule has 3 rings (SSSR count). The van der Waals surface area contributed by atoms with Crippen molar-refractivity contribution in [2.75, 3.05) is 17.2 Å². The van der Waals surface area contributed by atoms with Crippen molar-refractivity contribution in [2.45, 2.75) is 19.4 Å². The largest absolute Gasteiger partial charge is 0.385 e. The monoisotopic (exact) mass is 297 g/mol. The second-order valence-corrected chi connectivity index (χ2v) is 5.55. The molecule has 0 amide bonds. The number of nitrogens with zero attached hydrogens (tertiary/aromatic N) is 1. The zero-order chi connectivity index (χ0) is 14.7. The molecule has 4 heteroatoms. The van der Waals surface area contributed by atoms with Crippen molar-refractivity contribution in [3.63, 3.8) is 0 Å². The predicted octanol–water partition coefficient (Wildman–Crippen LogP) is 4.18. The number of halogens is 1. The fourth-order valence-electron chi connectivity index (χ4n) is 2.65. The van der Waals surface area contributed by atoms with Crippen molar-refractivity contribution in [3.8, 4) is 6.07 Å². The predicted molar refractivity (Wildman–Crippen MR) is 86.7 cm³/mol. The molecule has 3 nitrogen and oxygen atoms in total. The third kappa shape index (κ3) is 2.96. The lowest BCUT2D eigenvalue weighted by Crippen LogP contribution is -2.15. The van der Waals surface area contributed by atoms with E-state index in [1.165, 1.54) is 23.2 Å². The first kappa shape index (κ1) is 13.8. The summed E-state index contributed by atoms with van der Waals surface area (Å²) in [6.45, 7) is 1.71. The van der Waals surface area contributed by atoms with E-state index in [4.69, 9.17) is 16.9 Å². The Balaban J connectivity index is 1.81. The Morgan fingerprint density at radius 1 is 1.29 bits per heavy atom. The van der Waals surface area contributed by atoms with Crippen LogP contribution in [0.2, 0.25) is 5.02 Å². The molecule has 2 aromatic rings. The summed E-state index contributed by atoms with van der Waals surface area (Å²) >= 11 is 6.18. The maximum absolute atomic E-state index is 8.97. The maximum atomic E-state index is 8.97. The van der Waals surface area contributed by atoms with E-state index in [0.29, 0.717) is 17.1 Å². The van der Waals surface area contributed by atoms with Crippen molar-refractivity contribution in [3.05, 3.63) is 58.1 Å². The minimum atomic E-state index is 0.607. The average molecular weight is 298 g/mol. The van der Waals surface area contributed by atoms with E-state index >= 15 is 0 Å². The van der Waals surface area contributed by atoms with Crippen molar-refractivity contribution < 1.29 is 0 Å². The normalized spacial score (nSPS) is 13.0. The third-order valence-corrected chi connectivity index (χ3v) is 4.06. The van der Waals surface area contributed by atoms with Gasteiger partial charge in [-0.2, -0.15) is 5.26 Å². The summed E-state index contributed by atoms with van der Waals surface area (Å²) in [6, 6.07) is 13.8. The molecule has 0 atom stereocenters. The number of nitriles is 1. The number of anilines is 2. The maximum Gasteiger partial charge on any atom is 0.0992 e. The second kappa shape index (κ2) is 6.07. The van der Waals surface area contributed by atoms with Gasteiger partial charge in [0.1, 0.15) is 0 Å². The Labute approximate surface area is 129 Å². The zero-order valence-corrected chi connectivity index (χ0v) is 12.4. The molecule has 0 aromatic heterocycles. The fourth-order valence-corrected chi connectivity index (χ4v) is 2.83. The Morgan fingerprint density at radius 3 is 3.05 bits per heavy atom. The topological polar surface area (TPSA) is 47.9 Å². The van der Waals surface area contributed by atoms with E-state index in [1.807, 2.05) is 0 Å². The van der Waals surface area contributed by atoms with Gasteiger partial charge in [0.2, 0.25) is 0 Å². The number of fused-ring (bicyclic) bond motifs is 1. The van der Waals surface area contributed by atoms with Crippen molar-refractivity contribution in [1.82, 2.24) is 0 Å². The van der Waals surface area contributed by atoms with Crippen LogP contribution in [0.4, 0.5) is 11.4 Å². The molecular weight excluding hydrogens is 282 g/mol. The van der Waals surface area contributed by atoms with E-state index < -0.39 is 0 Å². The first-order valence-corrected chi connectivity index (χ1v) is 7.44. The molecule has 2 N–H and O–H groups in total. The van der Waals surface area contributed by atoms with E-state index in [2.05, 4.69) is 34.9 Å². The Morgan fingerprint density at radius 2 is 2.19 bits per heavy atom. The van der Waals surface area contributed by atoms with Gasteiger partial charge in [-0.05, 0) is 42.2 Å². The van der Waals surface area contributed by atoms with Crippen LogP contribution in [0.5, 0.6) is 0 Å². The van der Waals surface area contributed by atoms with Crippen molar-refractivity contribution in [2.24, 2.45) is 0 Å². The number of rotatable bonds is 3. The van der Waals surface area contributed by atoms with Gasteiger partial charge in [0.05, 0.1) is 22.3 Å². The van der Waals surface area contributed by atoms with Gasteiger partial charge in [0.25, 0.3) is 0 Å². The van der Waals surface area contributed by atoms with E-state index in [9.17, 15) is 0 Å². The minimum Gasteiger partial charge on any atom is -0.385 e. The molecule has 0 radical (unpaired) electrons. The van der Waals surface area contributed by atoms with E-state index in [-0.39, 0.29) is 0 Å². The number of hydrogen-bond donors (Lipinski definition) is 2. The Bertz CT molecular complexity index is 704. The quantitative estimate of drug-likeness (QED) is 0.893. The van der Waals surface area contributed by atoms with Crippen LogP contribution in [0.1, 0.15) is 23.1 Å². The highest BCUT2D eigenvalue weighted by atomic mass is 35.5. The van der Waals surface area contributed by atoms with Crippen molar-refractivity contribution >= 4 is 23.0 Å². The summed E-state index contributed by atoms with van der Waals surface area (Å²) in [6.07, 6.45) is 2.31. The average Bonchev–Trinajstić information content (AvgIpc) is 2.54. The smallest absolute Gasteiger partial charge is 0.0992 e. The molecule has 21 heavy (non-hydrogen) atoms. The van der Waals surface area contributed by atoms with Gasteiger partial charge in [0, 0.05) is 18.8 Å². The highest BCUT2D eigenvalue weighted by Crippen LogP contribution is 2.28. The molecule has 1 aliphatic heterocycles. The fraction of sp³-hybridized carbons (Fsp3) is 0.235. The van der Waals surface area contributed by atoms with E-state index in [1.54, 1.807) is 18.2 Å². The zero-order valence-electron chi connectivity index (χ0n) is 11.6. The Hall–Kier alpha value is -2.18. The summed E-state index contributed by atoms with van der Waals surface area (Å²) in [5.41, 5.74) is 5.24. The summed E-state index contributed by atoms with van der Waals surface area (Å²) in [7, 11) is 0. The van der Waals surface area contributed by atoms with E-state index in [0.717, 1.165) is 18.7 Å². The number of aryl methyl sites for hydroxylation is 1. The summed E-state index contributed by atoms with van der Waals surface area (Å²) in [5, 5.41) is 16.4. The number of hydrogen-bond acceptors (Lipinski definition) is 3. The van der Waals surface area contributed by atoms with Gasteiger partial charge >= 0.3 is 0 Å². The molecule has 2 aromatic carbocycles. The molecular formula is C17H16ClN3. The SMILES string of the molecule is N#Cc1ccc(Cl)c(NCc2cccc3c2NCCC3)c1. The molecule has 0 aliphatic carbocycles. The molecule has 0 fully saturated rings. The number of para-hydroxylation sites is 1.